The molecule has 6 saturated heterocycles. The van der Waals surface area contributed by atoms with E-state index in [2.05, 4.69) is 51.2 Å². The molecule has 8 aliphatic rings. The number of aryl methyl sites for hydroxylation is 2. The number of nitrogens with zero attached hydrogens (tertiary/aromatic N) is 10. The van der Waals surface area contributed by atoms with Crippen LogP contribution in [0.3, 0.4) is 0 Å². The van der Waals surface area contributed by atoms with E-state index in [0.717, 1.165) is 77.0 Å². The number of fused-ring (bicyclic) bond motifs is 2. The molecule has 4 unspecified atom stereocenters. The minimum Gasteiger partial charge on any atom is -0.444 e. The van der Waals surface area contributed by atoms with Gasteiger partial charge in [-0.3, -0.25) is 28.3 Å². The fourth-order valence-corrected chi connectivity index (χ4v) is 11.5. The van der Waals surface area contributed by atoms with Crippen LogP contribution in [0.4, 0.5) is 21.2 Å². The first-order chi connectivity index (χ1) is 41.5. The quantitative estimate of drug-likeness (QED) is 0.0741. The highest BCUT2D eigenvalue weighted by Crippen LogP contribution is 2.36. The van der Waals surface area contributed by atoms with Crippen molar-refractivity contribution in [1.82, 2.24) is 70.1 Å². The molecule has 2 aliphatic carbocycles. The molecule has 0 radical (unpaired) electrons. The number of aliphatic hydroxyl groups is 4. The lowest BCUT2D eigenvalue weighted by Crippen LogP contribution is -2.43. The molecular weight excluding hydrogens is 1120 g/mol. The highest BCUT2D eigenvalue weighted by Gasteiger charge is 2.50. The Morgan fingerprint density at radius 1 is 0.616 bits per heavy atom. The lowest BCUT2D eigenvalue weighted by molar-refractivity contribution is -0.138. The van der Waals surface area contributed by atoms with Crippen LogP contribution in [0.5, 0.6) is 0 Å². The third kappa shape index (κ3) is 15.0. The number of amides is 6. The van der Waals surface area contributed by atoms with E-state index in [1.165, 1.54) is 21.8 Å². The monoisotopic (exact) mass is 1200 g/mol. The number of hydrogen-bond donors (Lipinski definition) is 10. The summed E-state index contributed by atoms with van der Waals surface area (Å²) in [7, 11) is 0. The number of ether oxygens (including phenoxy) is 4. The molecule has 12 rings (SSSR count). The number of carbonyl (C=O) groups is 6. The van der Waals surface area contributed by atoms with Crippen molar-refractivity contribution >= 4 is 69.8 Å². The second-order valence-corrected chi connectivity index (χ2v) is 22.7. The van der Waals surface area contributed by atoms with Gasteiger partial charge in [0.15, 0.2) is 53.7 Å². The van der Waals surface area contributed by atoms with Crippen LogP contribution in [0.25, 0.3) is 22.3 Å². The van der Waals surface area contributed by atoms with E-state index in [0.29, 0.717) is 104 Å². The van der Waals surface area contributed by atoms with Crippen molar-refractivity contribution in [3.8, 4) is 0 Å². The standard InChI is InChI=1S/2C26H36N8O7.2C2H6/c27-21-17-22(34(12-29-17)25-19(36)18(35)20(41-25)24(38)30-14-4-5-14)32-16(31-21)3-1-2-13-7-10-33(11-8-13)26(39)40-15-6-9-28-23(15)37;27-22-18-23(34(12-29-18)25-20(37)19(36)21(41-25)24(38)30-14-4-5-14)32-16(31-22)3-1-2-13-6-8-33(9-7-13)26(39)40-15-10-17(35)28-11-15;2*1-2/h12-15,18-20,25,35-36H,1-11H2,(H,28,37)(H,30,38)(H2,27,31,32);12-15,19-21,25,36-37H,1-11H2,(H,28,35)(H,30,38)(H2,27,31,32);2*1-2H3/t15?,18?,19-,20-,25+;15?,19?,20-,21-,25+;;/m00../s1. The predicted molar refractivity (Wildman–Crippen MR) is 307 cm³/mol. The summed E-state index contributed by atoms with van der Waals surface area (Å²) < 4.78 is 25.3. The second-order valence-electron chi connectivity index (χ2n) is 22.7. The molecule has 30 heteroatoms. The molecule has 86 heavy (non-hydrogen) atoms. The Bertz CT molecular complexity index is 3020. The number of carbonyl (C=O) groups excluding carboxylic acids is 6. The molecule has 0 aromatic carbocycles. The van der Waals surface area contributed by atoms with Gasteiger partial charge in [-0.25, -0.2) is 39.5 Å². The lowest BCUT2D eigenvalue weighted by atomic mass is 9.91. The Morgan fingerprint density at radius 2 is 1.06 bits per heavy atom. The van der Waals surface area contributed by atoms with Crippen molar-refractivity contribution in [1.29, 1.82) is 0 Å². The normalized spacial score (nSPS) is 27.5. The van der Waals surface area contributed by atoms with Crippen LogP contribution in [0, 0.1) is 11.8 Å². The van der Waals surface area contributed by atoms with Crippen molar-refractivity contribution in [2.45, 2.75) is 204 Å². The van der Waals surface area contributed by atoms with Crippen molar-refractivity contribution in [3.05, 3.63) is 24.3 Å². The number of hydrogen-bond acceptors (Lipinski definition) is 22. The third-order valence-electron chi connectivity index (χ3n) is 16.6. The van der Waals surface area contributed by atoms with Gasteiger partial charge in [-0.15, -0.1) is 0 Å². The second kappa shape index (κ2) is 28.6. The van der Waals surface area contributed by atoms with E-state index in [9.17, 15) is 49.2 Å². The Kier molecular flexibility index (Phi) is 21.1. The van der Waals surface area contributed by atoms with Gasteiger partial charge in [0.05, 0.1) is 25.6 Å². The van der Waals surface area contributed by atoms with Crippen LogP contribution < -0.4 is 32.7 Å². The SMILES string of the molecule is CC.CC.Nc1nc(CCCC2CCN(C(=O)OC3CCNC3=O)CC2)nc2c1ncn2[C@@H]1O[C@H](C(=O)NC2CC2)C(O)[C@@H]1O.Nc1nc(CCCC2CCN(C(=O)OC3CNC(=O)C3)CC2)nc2c1ncn2[C@@H]1O[C@H](C(=O)NC2CC2)C(O)[C@@H]1O. The molecule has 10 atom stereocenters. The number of nitrogens with two attached hydrogens (primary N) is 2. The topological polar surface area (TPSA) is 414 Å². The zero-order valence-corrected chi connectivity index (χ0v) is 49.3. The maximum absolute atomic E-state index is 12.5. The molecule has 6 aliphatic heterocycles. The number of nitrogen functional groups attached to an aromatic ring is 2. The predicted octanol–water partition coefficient (Wildman–Crippen LogP) is 0.785. The molecule has 10 heterocycles. The van der Waals surface area contributed by atoms with Crippen LogP contribution in [0.15, 0.2) is 12.7 Å². The summed E-state index contributed by atoms with van der Waals surface area (Å²) in [4.78, 5) is 103. The van der Waals surface area contributed by atoms with E-state index < -0.39 is 79.2 Å². The largest absolute Gasteiger partial charge is 0.444 e. The molecule has 0 bridgehead atoms. The molecule has 0 spiro atoms. The van der Waals surface area contributed by atoms with Gasteiger partial charge in [-0.1, -0.05) is 27.7 Å². The van der Waals surface area contributed by atoms with E-state index in [-0.39, 0.29) is 48.0 Å². The van der Waals surface area contributed by atoms with Gasteiger partial charge >= 0.3 is 12.2 Å². The summed E-state index contributed by atoms with van der Waals surface area (Å²) in [6, 6.07) is 0.184. The van der Waals surface area contributed by atoms with Gasteiger partial charge in [0.2, 0.25) is 5.91 Å². The zero-order valence-electron chi connectivity index (χ0n) is 49.3. The van der Waals surface area contributed by atoms with Crippen LogP contribution in [0.1, 0.15) is 142 Å². The average molecular weight is 1210 g/mol. The third-order valence-corrected chi connectivity index (χ3v) is 16.6. The number of imidazole rings is 2. The summed E-state index contributed by atoms with van der Waals surface area (Å²) in [6.07, 6.45) is 3.20. The summed E-state index contributed by atoms with van der Waals surface area (Å²) in [5.41, 5.74) is 13.8. The molecule has 30 nitrogen and oxygen atoms in total. The van der Waals surface area contributed by atoms with E-state index in [4.69, 9.17) is 30.4 Å². The summed E-state index contributed by atoms with van der Waals surface area (Å²) in [5.74, 6) is 1.08. The molecule has 4 aromatic heterocycles. The molecule has 8 fully saturated rings. The number of anilines is 2. The smallest absolute Gasteiger partial charge is 0.410 e. The highest BCUT2D eigenvalue weighted by molar-refractivity contribution is 5.86. The molecule has 2 saturated carbocycles. The van der Waals surface area contributed by atoms with E-state index >= 15 is 0 Å². The molecule has 12 N–H and O–H groups in total. The number of aromatic nitrogens is 8. The first-order valence-corrected chi connectivity index (χ1v) is 30.6. The Labute approximate surface area is 497 Å². The van der Waals surface area contributed by atoms with Gasteiger partial charge in [-0.05, 0) is 88.9 Å². The van der Waals surface area contributed by atoms with Crippen molar-refractivity contribution < 1.29 is 68.1 Å². The lowest BCUT2D eigenvalue weighted by Gasteiger charge is -2.32. The van der Waals surface area contributed by atoms with Gasteiger partial charge in [-0.2, -0.15) is 0 Å². The average Bonchev–Trinajstić information content (AvgIpc) is 1.76. The Balaban J connectivity index is 0.000000194. The van der Waals surface area contributed by atoms with Crippen LogP contribution in [0.2, 0.25) is 0 Å². The minimum absolute atomic E-state index is 0.0917. The number of piperidine rings is 2. The maximum atomic E-state index is 12.5. The number of likely N-dealkylation sites (tertiary alicyclic amines) is 2. The molecular formula is C56H84N16O14. The first kappa shape index (κ1) is 63.4. The molecule has 472 valence electrons. The van der Waals surface area contributed by atoms with Crippen LogP contribution in [-0.2, 0) is 51.0 Å². The fourth-order valence-electron chi connectivity index (χ4n) is 11.5. The highest BCUT2D eigenvalue weighted by atomic mass is 16.6. The first-order valence-electron chi connectivity index (χ1n) is 30.6. The Morgan fingerprint density at radius 3 is 1.45 bits per heavy atom. The summed E-state index contributed by atoms with van der Waals surface area (Å²) in [6.45, 7) is 11.3. The molecule has 4 aromatic rings. The van der Waals surface area contributed by atoms with Crippen LogP contribution in [-0.4, -0.2) is 205 Å². The minimum atomic E-state index is -1.40. The number of nitrogens with one attached hydrogen (secondary N) is 4. The zero-order chi connectivity index (χ0) is 61.3. The van der Waals surface area contributed by atoms with Crippen molar-refractivity contribution in [2.24, 2.45) is 11.8 Å². The van der Waals surface area contributed by atoms with Crippen molar-refractivity contribution in [2.75, 3.05) is 50.7 Å². The van der Waals surface area contributed by atoms with Gasteiger partial charge in [0.1, 0.15) is 53.2 Å². The van der Waals surface area contributed by atoms with Crippen molar-refractivity contribution in [3.63, 3.8) is 0 Å². The van der Waals surface area contributed by atoms with Gasteiger partial charge in [0, 0.05) is 64.1 Å². The number of aliphatic hydroxyl groups excluding tert-OH is 4. The fraction of sp³-hybridized carbons (Fsp3) is 0.714. The van der Waals surface area contributed by atoms with Gasteiger partial charge in [0.25, 0.3) is 17.7 Å². The number of rotatable bonds is 16. The Hall–Kier alpha value is -7.12. The van der Waals surface area contributed by atoms with E-state index in [1.807, 2.05) is 27.7 Å². The van der Waals surface area contributed by atoms with E-state index in [1.54, 1.807) is 9.80 Å². The van der Waals surface area contributed by atoms with Gasteiger partial charge < -0.3 is 81.9 Å². The van der Waals surface area contributed by atoms with Crippen LogP contribution >= 0.6 is 0 Å². The maximum Gasteiger partial charge on any atom is 0.410 e. The molecule has 6 amide bonds. The summed E-state index contributed by atoms with van der Waals surface area (Å²) >= 11 is 0. The summed E-state index contributed by atoms with van der Waals surface area (Å²) in [5, 5.41) is 53.3.